The molecule has 17 heavy (non-hydrogen) atoms. The van der Waals surface area contributed by atoms with Crippen molar-refractivity contribution in [3.8, 4) is 0 Å². The predicted octanol–water partition coefficient (Wildman–Crippen LogP) is 2.69. The number of benzene rings is 1. The summed E-state index contributed by atoms with van der Waals surface area (Å²) in [4.78, 5) is 11.1. The van der Waals surface area contributed by atoms with Crippen molar-refractivity contribution in [1.29, 1.82) is 0 Å². The Labute approximate surface area is 105 Å². The summed E-state index contributed by atoms with van der Waals surface area (Å²) in [6.45, 7) is 4.34. The molecule has 2 amide bonds. The molecule has 94 valence electrons. The van der Waals surface area contributed by atoms with Gasteiger partial charge in [0.15, 0.2) is 0 Å². The van der Waals surface area contributed by atoms with Crippen LogP contribution in [0.1, 0.15) is 19.4 Å². The van der Waals surface area contributed by atoms with E-state index in [9.17, 15) is 9.18 Å². The molecule has 0 aromatic heterocycles. The van der Waals surface area contributed by atoms with E-state index in [1.165, 1.54) is 6.07 Å². The SMILES string of the molecule is CNC(=O)NCC(C)(C)c1ccc(F)c(Cl)c1. The normalized spacial score (nSPS) is 11.1. The maximum absolute atomic E-state index is 13.0. The van der Waals surface area contributed by atoms with Crippen molar-refractivity contribution in [3.05, 3.63) is 34.6 Å². The van der Waals surface area contributed by atoms with Crippen LogP contribution in [0.25, 0.3) is 0 Å². The highest BCUT2D eigenvalue weighted by molar-refractivity contribution is 6.30. The van der Waals surface area contributed by atoms with E-state index in [-0.39, 0.29) is 16.5 Å². The monoisotopic (exact) mass is 258 g/mol. The molecule has 0 fully saturated rings. The van der Waals surface area contributed by atoms with Crippen molar-refractivity contribution in [1.82, 2.24) is 10.6 Å². The Kier molecular flexibility index (Phi) is 4.34. The summed E-state index contributed by atoms with van der Waals surface area (Å²) < 4.78 is 13.0. The first kappa shape index (κ1) is 13.8. The summed E-state index contributed by atoms with van der Waals surface area (Å²) in [6.07, 6.45) is 0. The highest BCUT2D eigenvalue weighted by Crippen LogP contribution is 2.26. The van der Waals surface area contributed by atoms with Gasteiger partial charge in [-0.25, -0.2) is 9.18 Å². The van der Waals surface area contributed by atoms with Gasteiger partial charge in [-0.05, 0) is 17.7 Å². The third-order valence-corrected chi connectivity index (χ3v) is 2.91. The average molecular weight is 259 g/mol. The van der Waals surface area contributed by atoms with E-state index in [4.69, 9.17) is 11.6 Å². The number of halogens is 2. The number of hydrogen-bond donors (Lipinski definition) is 2. The molecule has 0 aliphatic rings. The van der Waals surface area contributed by atoms with Gasteiger partial charge in [0.1, 0.15) is 5.82 Å². The fraction of sp³-hybridized carbons (Fsp3) is 0.417. The topological polar surface area (TPSA) is 41.1 Å². The summed E-state index contributed by atoms with van der Waals surface area (Å²) in [6, 6.07) is 4.35. The van der Waals surface area contributed by atoms with Crippen LogP contribution in [0.2, 0.25) is 5.02 Å². The smallest absolute Gasteiger partial charge is 0.314 e. The van der Waals surface area contributed by atoms with Gasteiger partial charge in [-0.15, -0.1) is 0 Å². The Morgan fingerprint density at radius 1 is 1.47 bits per heavy atom. The third kappa shape index (κ3) is 3.60. The molecule has 0 radical (unpaired) electrons. The number of urea groups is 1. The minimum atomic E-state index is -0.439. The highest BCUT2D eigenvalue weighted by Gasteiger charge is 2.22. The molecule has 0 spiro atoms. The number of carbonyl (C=O) groups excluding carboxylic acids is 1. The molecule has 0 atom stereocenters. The van der Waals surface area contributed by atoms with Gasteiger partial charge in [0.25, 0.3) is 0 Å². The molecule has 0 aliphatic heterocycles. The van der Waals surface area contributed by atoms with Crippen LogP contribution in [-0.2, 0) is 5.41 Å². The van der Waals surface area contributed by atoms with E-state index in [1.807, 2.05) is 13.8 Å². The van der Waals surface area contributed by atoms with Crippen molar-refractivity contribution in [2.75, 3.05) is 13.6 Å². The van der Waals surface area contributed by atoms with Crippen molar-refractivity contribution in [2.45, 2.75) is 19.3 Å². The highest BCUT2D eigenvalue weighted by atomic mass is 35.5. The fourth-order valence-corrected chi connectivity index (χ4v) is 1.59. The average Bonchev–Trinajstić information content (AvgIpc) is 2.29. The van der Waals surface area contributed by atoms with E-state index in [0.29, 0.717) is 6.54 Å². The van der Waals surface area contributed by atoms with Crippen LogP contribution in [0, 0.1) is 5.82 Å². The zero-order valence-electron chi connectivity index (χ0n) is 10.1. The van der Waals surface area contributed by atoms with E-state index < -0.39 is 5.82 Å². The lowest BCUT2D eigenvalue weighted by atomic mass is 9.84. The Morgan fingerprint density at radius 3 is 2.65 bits per heavy atom. The first-order valence-electron chi connectivity index (χ1n) is 5.28. The lowest BCUT2D eigenvalue weighted by Crippen LogP contribution is -2.40. The molecular weight excluding hydrogens is 243 g/mol. The van der Waals surface area contributed by atoms with Gasteiger partial charge in [0, 0.05) is 19.0 Å². The number of carbonyl (C=O) groups is 1. The molecule has 2 N–H and O–H groups in total. The van der Waals surface area contributed by atoms with Gasteiger partial charge in [-0.1, -0.05) is 31.5 Å². The Morgan fingerprint density at radius 2 is 2.12 bits per heavy atom. The molecule has 0 heterocycles. The maximum Gasteiger partial charge on any atom is 0.314 e. The van der Waals surface area contributed by atoms with Crippen LogP contribution in [0.4, 0.5) is 9.18 Å². The Hall–Kier alpha value is -1.29. The fourth-order valence-electron chi connectivity index (χ4n) is 1.41. The molecular formula is C12H16ClFN2O. The van der Waals surface area contributed by atoms with E-state index in [2.05, 4.69) is 10.6 Å². The minimum absolute atomic E-state index is 0.0931. The predicted molar refractivity (Wildman–Crippen MR) is 66.9 cm³/mol. The molecule has 0 unspecified atom stereocenters. The van der Waals surface area contributed by atoms with Crippen LogP contribution < -0.4 is 10.6 Å². The number of hydrogen-bond acceptors (Lipinski definition) is 1. The number of nitrogens with one attached hydrogen (secondary N) is 2. The molecule has 5 heteroatoms. The second-order valence-corrected chi connectivity index (χ2v) is 4.85. The zero-order chi connectivity index (χ0) is 13.1. The van der Waals surface area contributed by atoms with Crippen molar-refractivity contribution in [3.63, 3.8) is 0 Å². The zero-order valence-corrected chi connectivity index (χ0v) is 10.9. The molecule has 0 bridgehead atoms. The first-order chi connectivity index (χ1) is 7.86. The van der Waals surface area contributed by atoms with E-state index in [0.717, 1.165) is 5.56 Å². The molecule has 1 rings (SSSR count). The minimum Gasteiger partial charge on any atom is -0.341 e. The Balaban J connectivity index is 2.81. The van der Waals surface area contributed by atoms with Crippen LogP contribution in [0.15, 0.2) is 18.2 Å². The van der Waals surface area contributed by atoms with Crippen LogP contribution in [0.5, 0.6) is 0 Å². The lowest BCUT2D eigenvalue weighted by Gasteiger charge is -2.25. The van der Waals surface area contributed by atoms with Gasteiger partial charge < -0.3 is 10.6 Å². The molecule has 1 aromatic carbocycles. The number of amides is 2. The van der Waals surface area contributed by atoms with Gasteiger partial charge in [0.05, 0.1) is 5.02 Å². The van der Waals surface area contributed by atoms with Crippen molar-refractivity contribution >= 4 is 17.6 Å². The van der Waals surface area contributed by atoms with Crippen LogP contribution >= 0.6 is 11.6 Å². The van der Waals surface area contributed by atoms with Gasteiger partial charge in [-0.3, -0.25) is 0 Å². The van der Waals surface area contributed by atoms with Crippen molar-refractivity contribution in [2.24, 2.45) is 0 Å². The second kappa shape index (κ2) is 5.36. The molecule has 0 saturated heterocycles. The summed E-state index contributed by atoms with van der Waals surface area (Å²) in [5.74, 6) is -0.439. The summed E-state index contributed by atoms with van der Waals surface area (Å²) in [7, 11) is 1.55. The van der Waals surface area contributed by atoms with Crippen LogP contribution in [0.3, 0.4) is 0 Å². The third-order valence-electron chi connectivity index (χ3n) is 2.62. The summed E-state index contributed by atoms with van der Waals surface area (Å²) in [5, 5.41) is 5.28. The second-order valence-electron chi connectivity index (χ2n) is 4.45. The number of rotatable bonds is 3. The van der Waals surface area contributed by atoms with E-state index >= 15 is 0 Å². The lowest BCUT2D eigenvalue weighted by molar-refractivity contribution is 0.240. The molecule has 3 nitrogen and oxygen atoms in total. The van der Waals surface area contributed by atoms with E-state index in [1.54, 1.807) is 19.2 Å². The largest absolute Gasteiger partial charge is 0.341 e. The molecule has 0 aliphatic carbocycles. The first-order valence-corrected chi connectivity index (χ1v) is 5.66. The van der Waals surface area contributed by atoms with Gasteiger partial charge in [-0.2, -0.15) is 0 Å². The summed E-state index contributed by atoms with van der Waals surface area (Å²) in [5.41, 5.74) is 0.560. The van der Waals surface area contributed by atoms with Crippen LogP contribution in [-0.4, -0.2) is 19.6 Å². The molecule has 0 saturated carbocycles. The maximum atomic E-state index is 13.0. The standard InChI is InChI=1S/C12H16ClFN2O/c1-12(2,7-16-11(17)15-3)8-4-5-10(14)9(13)6-8/h4-6H,7H2,1-3H3,(H2,15,16,17). The van der Waals surface area contributed by atoms with Gasteiger partial charge >= 0.3 is 6.03 Å². The Bertz CT molecular complexity index is 421. The molecule has 1 aromatic rings. The van der Waals surface area contributed by atoms with Gasteiger partial charge in [0.2, 0.25) is 0 Å². The summed E-state index contributed by atoms with van der Waals surface area (Å²) >= 11 is 5.74. The quantitative estimate of drug-likeness (QED) is 0.860. The van der Waals surface area contributed by atoms with Crippen molar-refractivity contribution < 1.29 is 9.18 Å².